The number of rotatable bonds is 7. The Morgan fingerprint density at radius 2 is 1.92 bits per heavy atom. The number of imide groups is 1. The van der Waals surface area contributed by atoms with E-state index in [4.69, 9.17) is 0 Å². The molecule has 0 unspecified atom stereocenters. The highest BCUT2D eigenvalue weighted by Crippen LogP contribution is 2.28. The van der Waals surface area contributed by atoms with Gasteiger partial charge in [0.15, 0.2) is 0 Å². The number of hydrogen-bond donors (Lipinski definition) is 2. The Bertz CT molecular complexity index is 1560. The van der Waals surface area contributed by atoms with Crippen molar-refractivity contribution in [2.75, 3.05) is 24.5 Å². The minimum atomic E-state index is -0.382. The van der Waals surface area contributed by atoms with E-state index in [1.165, 1.54) is 5.56 Å². The quantitative estimate of drug-likeness (QED) is 0.331. The maximum Gasteiger partial charge on any atom is 0.290 e. The minimum absolute atomic E-state index is 0.352. The van der Waals surface area contributed by atoms with E-state index in [1.807, 2.05) is 30.7 Å². The first-order valence-electron chi connectivity index (χ1n) is 12.9. The summed E-state index contributed by atoms with van der Waals surface area (Å²) in [7, 11) is 0. The number of nitrogens with zero attached hydrogens (tertiary/aromatic N) is 5. The number of anilines is 1. The zero-order valence-corrected chi connectivity index (χ0v) is 22.0. The van der Waals surface area contributed by atoms with Crippen LogP contribution in [0.15, 0.2) is 72.2 Å². The summed E-state index contributed by atoms with van der Waals surface area (Å²) in [6, 6.07) is 14.2. The molecule has 0 radical (unpaired) electrons. The van der Waals surface area contributed by atoms with Crippen LogP contribution in [0.25, 0.3) is 28.1 Å². The van der Waals surface area contributed by atoms with Gasteiger partial charge in [-0.05, 0) is 78.4 Å². The number of amides is 2. The Labute approximate surface area is 230 Å². The second kappa shape index (κ2) is 11.3. The SMILES string of the molecule is O=C1NC(=O)/C(=C\c2ccnc(N3CCC(CNCc4ccnc(-c5cccc6cnccc56)c4)CC3)n2)S1. The first-order chi connectivity index (χ1) is 19.1. The lowest BCUT2D eigenvalue weighted by molar-refractivity contribution is -0.115. The van der Waals surface area contributed by atoms with E-state index in [0.717, 1.165) is 72.8 Å². The summed E-state index contributed by atoms with van der Waals surface area (Å²) in [5, 5.41) is 7.81. The molecule has 2 fully saturated rings. The van der Waals surface area contributed by atoms with Gasteiger partial charge in [-0.25, -0.2) is 9.97 Å². The minimum Gasteiger partial charge on any atom is -0.341 e. The van der Waals surface area contributed by atoms with Crippen molar-refractivity contribution in [2.24, 2.45) is 5.92 Å². The highest BCUT2D eigenvalue weighted by molar-refractivity contribution is 8.18. The molecule has 2 N–H and O–H groups in total. The van der Waals surface area contributed by atoms with Gasteiger partial charge in [-0.2, -0.15) is 0 Å². The van der Waals surface area contributed by atoms with Crippen molar-refractivity contribution >= 4 is 45.7 Å². The number of aromatic nitrogens is 4. The predicted octanol–water partition coefficient (Wildman–Crippen LogP) is 4.42. The number of fused-ring (bicyclic) bond motifs is 1. The molecule has 0 aliphatic carbocycles. The summed E-state index contributed by atoms with van der Waals surface area (Å²) < 4.78 is 0. The molecule has 10 heteroatoms. The third-order valence-corrected chi connectivity index (χ3v) is 7.84. The van der Waals surface area contributed by atoms with Gasteiger partial charge >= 0.3 is 0 Å². The van der Waals surface area contributed by atoms with Gasteiger partial charge in [0, 0.05) is 55.4 Å². The first-order valence-corrected chi connectivity index (χ1v) is 13.8. The van der Waals surface area contributed by atoms with E-state index in [1.54, 1.807) is 18.3 Å². The summed E-state index contributed by atoms with van der Waals surface area (Å²) in [5.41, 5.74) is 3.91. The fraction of sp³-hybridized carbons (Fsp3) is 0.241. The molecule has 5 heterocycles. The summed E-state index contributed by atoms with van der Waals surface area (Å²) in [6.07, 6.45) is 11.0. The summed E-state index contributed by atoms with van der Waals surface area (Å²) >= 11 is 0.891. The van der Waals surface area contributed by atoms with Crippen molar-refractivity contribution in [3.8, 4) is 11.3 Å². The second-order valence-electron chi connectivity index (χ2n) is 9.65. The van der Waals surface area contributed by atoms with E-state index in [9.17, 15) is 9.59 Å². The van der Waals surface area contributed by atoms with Crippen LogP contribution in [-0.2, 0) is 11.3 Å². The van der Waals surface area contributed by atoms with Gasteiger partial charge < -0.3 is 10.2 Å². The van der Waals surface area contributed by atoms with Crippen molar-refractivity contribution in [3.63, 3.8) is 0 Å². The molecule has 6 rings (SSSR count). The Morgan fingerprint density at radius 3 is 2.77 bits per heavy atom. The molecule has 39 heavy (non-hydrogen) atoms. The molecule has 3 aromatic heterocycles. The Hall–Kier alpha value is -4.15. The lowest BCUT2D eigenvalue weighted by Gasteiger charge is -2.32. The van der Waals surface area contributed by atoms with Gasteiger partial charge in [0.25, 0.3) is 11.1 Å². The highest BCUT2D eigenvalue weighted by Gasteiger charge is 2.25. The van der Waals surface area contributed by atoms with E-state index in [2.05, 4.69) is 59.7 Å². The topological polar surface area (TPSA) is 113 Å². The van der Waals surface area contributed by atoms with Gasteiger partial charge in [0.05, 0.1) is 16.3 Å². The number of carbonyl (C=O) groups excluding carboxylic acids is 2. The molecule has 2 aliphatic heterocycles. The first kappa shape index (κ1) is 25.1. The smallest absolute Gasteiger partial charge is 0.290 e. The van der Waals surface area contributed by atoms with E-state index in [0.29, 0.717) is 22.5 Å². The Morgan fingerprint density at radius 1 is 1.05 bits per heavy atom. The molecule has 9 nitrogen and oxygen atoms in total. The molecule has 0 atom stereocenters. The van der Waals surface area contributed by atoms with Crippen LogP contribution >= 0.6 is 11.8 Å². The second-order valence-corrected chi connectivity index (χ2v) is 10.7. The molecule has 0 spiro atoms. The number of carbonyl (C=O) groups is 2. The molecule has 4 aromatic rings. The van der Waals surface area contributed by atoms with Crippen LogP contribution in [0.5, 0.6) is 0 Å². The monoisotopic (exact) mass is 537 g/mol. The van der Waals surface area contributed by atoms with Crippen LogP contribution in [-0.4, -0.2) is 50.7 Å². The number of pyridine rings is 2. The zero-order chi connectivity index (χ0) is 26.6. The van der Waals surface area contributed by atoms with Crippen LogP contribution in [0.2, 0.25) is 0 Å². The zero-order valence-electron chi connectivity index (χ0n) is 21.2. The molecular formula is C29H27N7O2S. The molecule has 196 valence electrons. The normalized spacial score (nSPS) is 17.2. The van der Waals surface area contributed by atoms with Crippen molar-refractivity contribution < 1.29 is 9.59 Å². The number of piperidine rings is 1. The van der Waals surface area contributed by atoms with Crippen molar-refractivity contribution in [1.82, 2.24) is 30.6 Å². The lowest BCUT2D eigenvalue weighted by atomic mass is 9.97. The van der Waals surface area contributed by atoms with Gasteiger partial charge in [-0.15, -0.1) is 0 Å². The van der Waals surface area contributed by atoms with Crippen LogP contribution in [0.1, 0.15) is 24.1 Å². The number of nitrogens with one attached hydrogen (secondary N) is 2. The number of benzene rings is 1. The highest BCUT2D eigenvalue weighted by atomic mass is 32.2. The fourth-order valence-electron chi connectivity index (χ4n) is 4.99. The maximum absolute atomic E-state index is 11.8. The van der Waals surface area contributed by atoms with E-state index in [-0.39, 0.29) is 11.1 Å². The van der Waals surface area contributed by atoms with Gasteiger partial charge in [-0.1, -0.05) is 18.2 Å². The lowest BCUT2D eigenvalue weighted by Crippen LogP contribution is -2.38. The number of thioether (sulfide) groups is 1. The predicted molar refractivity (Wildman–Crippen MR) is 153 cm³/mol. The molecule has 0 bridgehead atoms. The third kappa shape index (κ3) is 5.81. The summed E-state index contributed by atoms with van der Waals surface area (Å²) in [5.74, 6) is 0.842. The van der Waals surface area contributed by atoms with Crippen LogP contribution < -0.4 is 15.5 Å². The molecule has 2 aliphatic rings. The van der Waals surface area contributed by atoms with Crippen LogP contribution in [0.3, 0.4) is 0 Å². The Balaban J connectivity index is 1.02. The molecule has 0 saturated carbocycles. The average Bonchev–Trinajstić information content (AvgIpc) is 3.29. The average molecular weight is 538 g/mol. The van der Waals surface area contributed by atoms with Crippen LogP contribution in [0, 0.1) is 5.92 Å². The summed E-state index contributed by atoms with van der Waals surface area (Å²) in [4.78, 5) is 43.7. The van der Waals surface area contributed by atoms with Gasteiger partial charge in [0.2, 0.25) is 5.95 Å². The molecule has 1 aromatic carbocycles. The van der Waals surface area contributed by atoms with Gasteiger partial charge in [0.1, 0.15) is 0 Å². The van der Waals surface area contributed by atoms with Crippen LogP contribution in [0.4, 0.5) is 10.7 Å². The maximum atomic E-state index is 11.8. The molecular weight excluding hydrogens is 510 g/mol. The largest absolute Gasteiger partial charge is 0.341 e. The molecule has 2 saturated heterocycles. The van der Waals surface area contributed by atoms with Crippen molar-refractivity contribution in [3.05, 3.63) is 83.4 Å². The standard InChI is InChI=1S/C29H27N7O2S/c37-27-26(39-29(38)35-27)15-22-5-11-33-28(34-22)36-12-7-19(8-13-36)16-31-17-20-4-10-32-25(14-20)24-3-1-2-21-18-30-9-6-23(21)24/h1-6,9-11,14-15,18-19,31H,7-8,12-13,16-17H2,(H,35,37,38)/b26-15+. The fourth-order valence-corrected chi connectivity index (χ4v) is 5.65. The van der Waals surface area contributed by atoms with E-state index < -0.39 is 0 Å². The summed E-state index contributed by atoms with van der Waals surface area (Å²) in [6.45, 7) is 3.47. The Kier molecular flexibility index (Phi) is 7.29. The van der Waals surface area contributed by atoms with Crippen molar-refractivity contribution in [1.29, 1.82) is 0 Å². The van der Waals surface area contributed by atoms with Gasteiger partial charge in [-0.3, -0.25) is 24.9 Å². The number of hydrogen-bond acceptors (Lipinski definition) is 9. The van der Waals surface area contributed by atoms with E-state index >= 15 is 0 Å². The molecule has 2 amide bonds. The third-order valence-electron chi connectivity index (χ3n) is 7.03. The van der Waals surface area contributed by atoms with Crippen molar-refractivity contribution in [2.45, 2.75) is 19.4 Å².